The van der Waals surface area contributed by atoms with Gasteiger partial charge in [0.05, 0.1) is 24.7 Å². The van der Waals surface area contributed by atoms with Gasteiger partial charge in [-0.25, -0.2) is 0 Å². The lowest BCUT2D eigenvalue weighted by Gasteiger charge is -1.96. The van der Waals surface area contributed by atoms with Crippen molar-refractivity contribution in [3.63, 3.8) is 0 Å². The van der Waals surface area contributed by atoms with Gasteiger partial charge in [-0.1, -0.05) is 56.1 Å². The molecule has 192 valence electrons. The first-order valence-corrected chi connectivity index (χ1v) is 13.6. The maximum absolute atomic E-state index is 9.63. The number of hydrogen-bond donors (Lipinski definition) is 8. The van der Waals surface area contributed by atoms with Gasteiger partial charge in [0.25, 0.3) is 20.2 Å². The largest absolute Gasteiger partial charge is 0.395 e. The van der Waals surface area contributed by atoms with Crippen LogP contribution in [-0.2, 0) is 20.2 Å². The molecule has 0 atom stereocenters. The number of benzene rings is 2. The van der Waals surface area contributed by atoms with Gasteiger partial charge in [-0.15, -0.1) is 0 Å². The van der Waals surface area contributed by atoms with Crippen molar-refractivity contribution in [3.8, 4) is 0 Å². The second kappa shape index (κ2) is 17.5. The number of nitrogens with one attached hydrogen (secondary N) is 2. The van der Waals surface area contributed by atoms with Gasteiger partial charge in [-0.3, -0.25) is 19.9 Å². The molecule has 0 heterocycles. The Morgan fingerprint density at radius 2 is 1.03 bits per heavy atom. The summed E-state index contributed by atoms with van der Waals surface area (Å²) < 4.78 is 56.1. The molecule has 12 nitrogen and oxygen atoms in total. The van der Waals surface area contributed by atoms with E-state index in [1.54, 1.807) is 12.1 Å². The number of nitrogen functional groups attached to an aromatic ring is 2. The van der Waals surface area contributed by atoms with Gasteiger partial charge >= 0.3 is 0 Å². The maximum Gasteiger partial charge on any atom is 0.267 e. The summed E-state index contributed by atoms with van der Waals surface area (Å²) in [6.45, 7) is -1.06. The molecule has 2 aromatic carbocycles. The molecule has 0 bridgehead atoms. The predicted octanol–water partition coefficient (Wildman–Crippen LogP) is 1.20. The molecule has 2 rings (SSSR count). The fraction of sp³-hybridized carbons (Fsp3) is 0.222. The molecule has 0 aliphatic rings. The van der Waals surface area contributed by atoms with E-state index in [2.05, 4.69) is 31.9 Å². The molecule has 0 aliphatic heterocycles. The fourth-order valence-corrected chi connectivity index (χ4v) is 2.80. The number of halogens is 2. The molecule has 34 heavy (non-hydrogen) atoms. The zero-order valence-corrected chi connectivity index (χ0v) is 22.4. The Hall–Kier alpha value is -1.92. The smallest absolute Gasteiger partial charge is 0.267 e. The minimum atomic E-state index is -3.92. The van der Waals surface area contributed by atoms with E-state index in [9.17, 15) is 16.8 Å². The van der Waals surface area contributed by atoms with E-state index in [-0.39, 0.29) is 11.7 Å². The Morgan fingerprint density at radius 1 is 0.735 bits per heavy atom. The summed E-state index contributed by atoms with van der Waals surface area (Å²) in [6.07, 6.45) is 0. The molecule has 0 saturated carbocycles. The minimum absolute atomic E-state index is 0.0984. The van der Waals surface area contributed by atoms with E-state index in [1.807, 2.05) is 36.4 Å². The molecule has 0 unspecified atom stereocenters. The van der Waals surface area contributed by atoms with Crippen LogP contribution in [0.15, 0.2) is 57.5 Å². The van der Waals surface area contributed by atoms with E-state index >= 15 is 0 Å². The van der Waals surface area contributed by atoms with Crippen LogP contribution in [0.1, 0.15) is 11.1 Å². The quantitative estimate of drug-likeness (QED) is 0.126. The van der Waals surface area contributed by atoms with Crippen LogP contribution in [0.4, 0.5) is 0 Å². The Kier molecular flexibility index (Phi) is 17.6. The molecule has 0 saturated heterocycles. The highest BCUT2D eigenvalue weighted by Gasteiger charge is 2.00. The average molecular weight is 650 g/mol. The number of amidine groups is 2. The van der Waals surface area contributed by atoms with Crippen LogP contribution >= 0.6 is 31.9 Å². The standard InChI is InChI=1S/2C7H7BrN2.2C2H6O4S/c2*8-6-3-1-2-5(4-6)7(9)10;2*3-1-2-7(4,5)6/h2*1-4H,(H3,9,10);2*3H,1-2H2,(H,4,5,6). The minimum Gasteiger partial charge on any atom is -0.395 e. The SMILES string of the molecule is N=C(N)c1cccc(Br)c1.N=C(N)c1cccc(Br)c1.O=S(=O)(O)CCO.O=S(=O)(O)CCO. The van der Waals surface area contributed by atoms with Crippen molar-refractivity contribution in [2.75, 3.05) is 24.7 Å². The second-order valence-corrected chi connectivity index (χ2v) is 10.8. The third-order valence-electron chi connectivity index (χ3n) is 2.97. The number of aliphatic hydroxyl groups is 2. The Labute approximate surface area is 214 Å². The monoisotopic (exact) mass is 648 g/mol. The number of aliphatic hydroxyl groups excluding tert-OH is 2. The Morgan fingerprint density at radius 3 is 1.15 bits per heavy atom. The first kappa shape index (κ1) is 34.2. The highest BCUT2D eigenvalue weighted by molar-refractivity contribution is 9.10. The van der Waals surface area contributed by atoms with Crippen molar-refractivity contribution in [3.05, 3.63) is 68.6 Å². The van der Waals surface area contributed by atoms with E-state index in [4.69, 9.17) is 41.6 Å². The summed E-state index contributed by atoms with van der Waals surface area (Å²) >= 11 is 6.56. The lowest BCUT2D eigenvalue weighted by molar-refractivity contribution is 0.314. The molecule has 0 spiro atoms. The summed E-state index contributed by atoms with van der Waals surface area (Å²) in [5.74, 6) is -0.956. The first-order chi connectivity index (χ1) is 15.5. The van der Waals surface area contributed by atoms with Crippen molar-refractivity contribution in [2.24, 2.45) is 11.5 Å². The normalized spacial score (nSPS) is 10.3. The van der Waals surface area contributed by atoms with Gasteiger partial charge in [-0.05, 0) is 24.3 Å². The molecule has 0 radical (unpaired) electrons. The van der Waals surface area contributed by atoms with Crippen LogP contribution < -0.4 is 11.5 Å². The van der Waals surface area contributed by atoms with Gasteiger partial charge in [0.15, 0.2) is 0 Å². The Balaban J connectivity index is 0. The molecular formula is C18H26Br2N4O8S2. The lowest BCUT2D eigenvalue weighted by atomic mass is 10.2. The third-order valence-corrected chi connectivity index (χ3v) is 5.35. The van der Waals surface area contributed by atoms with Crippen molar-refractivity contribution >= 4 is 63.8 Å². The van der Waals surface area contributed by atoms with Gasteiger partial charge < -0.3 is 21.7 Å². The van der Waals surface area contributed by atoms with Crippen LogP contribution in [0.25, 0.3) is 0 Å². The van der Waals surface area contributed by atoms with Gasteiger partial charge in [0.2, 0.25) is 0 Å². The second-order valence-electron chi connectivity index (χ2n) is 5.87. The van der Waals surface area contributed by atoms with Crippen LogP contribution in [0.3, 0.4) is 0 Å². The van der Waals surface area contributed by atoms with Crippen LogP contribution in [0.5, 0.6) is 0 Å². The van der Waals surface area contributed by atoms with Crippen LogP contribution in [0, 0.1) is 10.8 Å². The summed E-state index contributed by atoms with van der Waals surface area (Å²) in [4.78, 5) is 0. The van der Waals surface area contributed by atoms with E-state index < -0.39 is 45.0 Å². The number of nitrogens with two attached hydrogens (primary N) is 2. The summed E-state index contributed by atoms with van der Waals surface area (Å²) in [5.41, 5.74) is 12.0. The van der Waals surface area contributed by atoms with E-state index in [0.29, 0.717) is 0 Å². The Bertz CT molecular complexity index is 1040. The van der Waals surface area contributed by atoms with Crippen molar-refractivity contribution in [1.82, 2.24) is 0 Å². The molecule has 0 amide bonds. The van der Waals surface area contributed by atoms with Crippen LogP contribution in [-0.4, -0.2) is 72.5 Å². The average Bonchev–Trinajstić information content (AvgIpc) is 2.67. The molecule has 16 heteroatoms. The fourth-order valence-electron chi connectivity index (χ4n) is 1.54. The predicted molar refractivity (Wildman–Crippen MR) is 137 cm³/mol. The third kappa shape index (κ3) is 21.9. The summed E-state index contributed by atoms with van der Waals surface area (Å²) in [7, 11) is -7.85. The molecule has 0 aromatic heterocycles. The summed E-state index contributed by atoms with van der Waals surface area (Å²) in [6, 6.07) is 14.7. The van der Waals surface area contributed by atoms with Gasteiger partial charge in [-0.2, -0.15) is 16.8 Å². The van der Waals surface area contributed by atoms with Gasteiger partial charge in [0.1, 0.15) is 11.7 Å². The topological polar surface area (TPSA) is 249 Å². The van der Waals surface area contributed by atoms with E-state index in [1.165, 1.54) is 0 Å². The van der Waals surface area contributed by atoms with E-state index in [0.717, 1.165) is 20.1 Å². The zero-order chi connectivity index (χ0) is 26.9. The molecule has 2 aromatic rings. The first-order valence-electron chi connectivity index (χ1n) is 8.84. The van der Waals surface area contributed by atoms with Crippen molar-refractivity contribution in [2.45, 2.75) is 0 Å². The number of hydrogen-bond acceptors (Lipinski definition) is 8. The summed E-state index contributed by atoms with van der Waals surface area (Å²) in [5, 5.41) is 29.9. The maximum atomic E-state index is 9.63. The van der Waals surface area contributed by atoms with Gasteiger partial charge in [0, 0.05) is 20.1 Å². The molecule has 0 fully saturated rings. The highest BCUT2D eigenvalue weighted by atomic mass is 79.9. The highest BCUT2D eigenvalue weighted by Crippen LogP contribution is 2.11. The van der Waals surface area contributed by atoms with Crippen LogP contribution in [0.2, 0.25) is 0 Å². The molecule has 0 aliphatic carbocycles. The molecule has 10 N–H and O–H groups in total. The molecular weight excluding hydrogens is 624 g/mol. The zero-order valence-electron chi connectivity index (χ0n) is 17.6. The van der Waals surface area contributed by atoms with Crippen molar-refractivity contribution in [1.29, 1.82) is 10.8 Å². The number of rotatable bonds is 6. The van der Waals surface area contributed by atoms with Crippen molar-refractivity contribution < 1.29 is 36.2 Å². The lowest BCUT2D eigenvalue weighted by Crippen LogP contribution is -2.10.